The lowest BCUT2D eigenvalue weighted by Gasteiger charge is -2.08. The van der Waals surface area contributed by atoms with Crippen molar-refractivity contribution in [1.82, 2.24) is 5.32 Å². The molecule has 2 aromatic carbocycles. The minimum Gasteiger partial charge on any atom is -0.454 e. The maximum Gasteiger partial charge on any atom is 0.325 e. The van der Waals surface area contributed by atoms with Gasteiger partial charge in [0, 0.05) is 15.6 Å². The molecule has 0 radical (unpaired) electrons. The van der Waals surface area contributed by atoms with Crippen LogP contribution in [0.15, 0.2) is 42.5 Å². The van der Waals surface area contributed by atoms with Crippen LogP contribution in [0, 0.1) is 5.82 Å². The van der Waals surface area contributed by atoms with Gasteiger partial charge < -0.3 is 15.4 Å². The highest BCUT2D eigenvalue weighted by Gasteiger charge is 2.12. The van der Waals surface area contributed by atoms with Crippen LogP contribution in [0.5, 0.6) is 0 Å². The van der Waals surface area contributed by atoms with E-state index >= 15 is 0 Å². The molecule has 0 aromatic heterocycles. The Kier molecular flexibility index (Phi) is 6.94. The van der Waals surface area contributed by atoms with Gasteiger partial charge in [0.25, 0.3) is 11.8 Å². The van der Waals surface area contributed by atoms with Gasteiger partial charge in [-0.2, -0.15) is 0 Å². The number of nitrogens with one attached hydrogen (secondary N) is 2. The van der Waals surface area contributed by atoms with E-state index < -0.39 is 36.8 Å². The van der Waals surface area contributed by atoms with Gasteiger partial charge in [0.1, 0.15) is 12.4 Å². The van der Waals surface area contributed by atoms with E-state index in [2.05, 4.69) is 10.6 Å². The van der Waals surface area contributed by atoms with Gasteiger partial charge in [0.2, 0.25) is 0 Å². The van der Waals surface area contributed by atoms with Crippen LogP contribution < -0.4 is 10.6 Å². The number of anilines is 1. The molecule has 0 atom stereocenters. The summed E-state index contributed by atoms with van der Waals surface area (Å²) in [6.45, 7) is -1.05. The molecule has 0 saturated heterocycles. The number of amides is 2. The van der Waals surface area contributed by atoms with Crippen molar-refractivity contribution in [2.75, 3.05) is 18.5 Å². The van der Waals surface area contributed by atoms with Crippen molar-refractivity contribution in [3.8, 4) is 0 Å². The van der Waals surface area contributed by atoms with Gasteiger partial charge in [-0.05, 0) is 42.5 Å². The molecule has 26 heavy (non-hydrogen) atoms. The highest BCUT2D eigenvalue weighted by Crippen LogP contribution is 2.18. The number of ether oxygens (including phenoxy) is 1. The van der Waals surface area contributed by atoms with Crippen LogP contribution in [0.3, 0.4) is 0 Å². The highest BCUT2D eigenvalue weighted by molar-refractivity contribution is 6.31. The molecule has 6 nitrogen and oxygen atoms in total. The molecular weight excluding hydrogens is 386 g/mol. The molecule has 0 unspecified atom stereocenters. The molecule has 2 aromatic rings. The van der Waals surface area contributed by atoms with Crippen molar-refractivity contribution < 1.29 is 23.5 Å². The summed E-state index contributed by atoms with van der Waals surface area (Å²) in [6, 6.07) is 9.79. The summed E-state index contributed by atoms with van der Waals surface area (Å²) in [5, 5.41) is 5.24. The molecule has 0 bridgehead atoms. The largest absolute Gasteiger partial charge is 0.454 e. The second kappa shape index (κ2) is 9.17. The molecule has 0 aliphatic rings. The standard InChI is InChI=1S/C17H13Cl2FN2O4/c18-11-3-1-10(2-4-11)17(25)21-8-16(24)26-9-15(23)22-14-6-5-12(19)7-13(14)20/h1-7H,8-9H2,(H,21,25)(H,22,23). The number of rotatable bonds is 6. The van der Waals surface area contributed by atoms with Gasteiger partial charge in [0.05, 0.1) is 5.69 Å². The predicted molar refractivity (Wildman–Crippen MR) is 94.8 cm³/mol. The zero-order chi connectivity index (χ0) is 19.1. The molecule has 0 aliphatic carbocycles. The number of carbonyl (C=O) groups is 3. The molecule has 0 aliphatic heterocycles. The first-order valence-corrected chi connectivity index (χ1v) is 8.05. The first-order valence-electron chi connectivity index (χ1n) is 7.29. The zero-order valence-electron chi connectivity index (χ0n) is 13.2. The number of carbonyl (C=O) groups excluding carboxylic acids is 3. The number of esters is 1. The first kappa shape index (κ1) is 19.7. The fourth-order valence-corrected chi connectivity index (χ4v) is 2.11. The maximum absolute atomic E-state index is 13.5. The molecule has 2 N–H and O–H groups in total. The molecular formula is C17H13Cl2FN2O4. The molecule has 0 spiro atoms. The fraction of sp³-hybridized carbons (Fsp3) is 0.118. The average Bonchev–Trinajstić information content (AvgIpc) is 2.61. The number of benzene rings is 2. The molecule has 2 rings (SSSR count). The lowest BCUT2D eigenvalue weighted by atomic mass is 10.2. The lowest BCUT2D eigenvalue weighted by Crippen LogP contribution is -2.32. The fourth-order valence-electron chi connectivity index (χ4n) is 1.83. The lowest BCUT2D eigenvalue weighted by molar-refractivity contribution is -0.146. The first-order chi connectivity index (χ1) is 12.3. The third kappa shape index (κ3) is 6.02. The summed E-state index contributed by atoms with van der Waals surface area (Å²) in [5.41, 5.74) is 0.227. The molecule has 9 heteroatoms. The van der Waals surface area contributed by atoms with Crippen LogP contribution in [-0.2, 0) is 14.3 Å². The minimum atomic E-state index is -0.820. The number of hydrogen-bond acceptors (Lipinski definition) is 4. The summed E-state index contributed by atoms with van der Waals surface area (Å²) in [6.07, 6.45) is 0. The normalized spacial score (nSPS) is 10.1. The van der Waals surface area contributed by atoms with E-state index in [9.17, 15) is 18.8 Å². The van der Waals surface area contributed by atoms with Crippen molar-refractivity contribution in [3.63, 3.8) is 0 Å². The third-order valence-corrected chi connectivity index (χ3v) is 3.56. The second-order valence-corrected chi connectivity index (χ2v) is 5.90. The second-order valence-electron chi connectivity index (χ2n) is 5.02. The minimum absolute atomic E-state index is 0.0912. The van der Waals surface area contributed by atoms with Crippen molar-refractivity contribution in [3.05, 3.63) is 63.9 Å². The van der Waals surface area contributed by atoms with E-state index in [1.165, 1.54) is 36.4 Å². The third-order valence-electron chi connectivity index (χ3n) is 3.07. The van der Waals surface area contributed by atoms with Crippen LogP contribution in [0.4, 0.5) is 10.1 Å². The van der Waals surface area contributed by atoms with Crippen LogP contribution in [0.1, 0.15) is 10.4 Å². The Morgan fingerprint density at radius 1 is 1.00 bits per heavy atom. The van der Waals surface area contributed by atoms with E-state index in [-0.39, 0.29) is 10.7 Å². The Labute approximate surface area is 158 Å². The number of halogens is 3. The molecule has 2 amide bonds. The maximum atomic E-state index is 13.5. The average molecular weight is 399 g/mol. The van der Waals surface area contributed by atoms with E-state index in [0.717, 1.165) is 6.07 Å². The van der Waals surface area contributed by atoms with Gasteiger partial charge in [0.15, 0.2) is 6.61 Å². The van der Waals surface area contributed by atoms with Gasteiger partial charge >= 0.3 is 5.97 Å². The van der Waals surface area contributed by atoms with Crippen molar-refractivity contribution >= 4 is 46.7 Å². The Bertz CT molecular complexity index is 828. The Morgan fingerprint density at radius 3 is 2.31 bits per heavy atom. The van der Waals surface area contributed by atoms with E-state index in [1.54, 1.807) is 0 Å². The van der Waals surface area contributed by atoms with Gasteiger partial charge in [-0.25, -0.2) is 4.39 Å². The monoisotopic (exact) mass is 398 g/mol. The van der Waals surface area contributed by atoms with Gasteiger partial charge in [-0.15, -0.1) is 0 Å². The summed E-state index contributed by atoms with van der Waals surface area (Å²) in [4.78, 5) is 35.0. The van der Waals surface area contributed by atoms with Crippen LogP contribution in [0.2, 0.25) is 10.0 Å². The number of hydrogen-bond donors (Lipinski definition) is 2. The molecule has 136 valence electrons. The Balaban J connectivity index is 1.74. The van der Waals surface area contributed by atoms with Crippen molar-refractivity contribution in [1.29, 1.82) is 0 Å². The summed E-state index contributed by atoms with van der Waals surface area (Å²) >= 11 is 11.3. The van der Waals surface area contributed by atoms with E-state index in [0.29, 0.717) is 10.6 Å². The predicted octanol–water partition coefficient (Wildman–Crippen LogP) is 3.04. The smallest absolute Gasteiger partial charge is 0.325 e. The zero-order valence-corrected chi connectivity index (χ0v) is 14.7. The Hall–Kier alpha value is -2.64. The summed E-state index contributed by atoms with van der Waals surface area (Å²) in [7, 11) is 0. The topological polar surface area (TPSA) is 84.5 Å². The quantitative estimate of drug-likeness (QED) is 0.732. The van der Waals surface area contributed by atoms with Crippen molar-refractivity contribution in [2.24, 2.45) is 0 Å². The van der Waals surface area contributed by atoms with E-state index in [1.807, 2.05) is 0 Å². The molecule has 0 fully saturated rings. The summed E-state index contributed by atoms with van der Waals surface area (Å²) in [5.74, 6) is -2.76. The molecule has 0 saturated carbocycles. The van der Waals surface area contributed by atoms with Crippen molar-refractivity contribution in [2.45, 2.75) is 0 Å². The van der Waals surface area contributed by atoms with E-state index in [4.69, 9.17) is 27.9 Å². The Morgan fingerprint density at radius 2 is 1.65 bits per heavy atom. The van der Waals surface area contributed by atoms with Crippen LogP contribution in [0.25, 0.3) is 0 Å². The SMILES string of the molecule is O=C(COC(=O)CNC(=O)c1ccc(Cl)cc1)Nc1ccc(Cl)cc1F. The van der Waals surface area contributed by atoms with Gasteiger partial charge in [-0.3, -0.25) is 14.4 Å². The van der Waals surface area contributed by atoms with Gasteiger partial charge in [-0.1, -0.05) is 23.2 Å². The summed E-state index contributed by atoms with van der Waals surface area (Å²) < 4.78 is 18.3. The van der Waals surface area contributed by atoms with Crippen LogP contribution in [-0.4, -0.2) is 30.9 Å². The highest BCUT2D eigenvalue weighted by atomic mass is 35.5. The van der Waals surface area contributed by atoms with Crippen LogP contribution >= 0.6 is 23.2 Å². The molecule has 0 heterocycles.